The zero-order valence-corrected chi connectivity index (χ0v) is 16.6. The van der Waals surface area contributed by atoms with Crippen LogP contribution in [0.2, 0.25) is 0 Å². The number of anilines is 1. The average molecular weight is 396 g/mol. The lowest BCUT2D eigenvalue weighted by molar-refractivity contribution is 0.00791. The molecule has 1 aromatic heterocycles. The molecule has 1 aliphatic carbocycles. The molecule has 0 unspecified atom stereocenters. The van der Waals surface area contributed by atoms with Gasteiger partial charge in [0.15, 0.2) is 0 Å². The van der Waals surface area contributed by atoms with Crippen LogP contribution in [-0.4, -0.2) is 59.1 Å². The predicted molar refractivity (Wildman–Crippen MR) is 116 cm³/mol. The Morgan fingerprint density at radius 1 is 1.17 bits per heavy atom. The highest BCUT2D eigenvalue weighted by Crippen LogP contribution is 2.29. The van der Waals surface area contributed by atoms with Crippen LogP contribution < -0.4 is 16.8 Å². The third-order valence-corrected chi connectivity index (χ3v) is 6.00. The summed E-state index contributed by atoms with van der Waals surface area (Å²) in [6, 6.07) is 6.81. The molecule has 2 aliphatic rings. The van der Waals surface area contributed by atoms with E-state index in [9.17, 15) is 0 Å². The SMILES string of the molecule is N=C(N)/C(=C\N)c1ccc2ncnc(NC3CCC(N4CCOCC4)CC3)c2c1. The van der Waals surface area contributed by atoms with Crippen molar-refractivity contribution < 1.29 is 4.74 Å². The Hall–Kier alpha value is -2.71. The van der Waals surface area contributed by atoms with E-state index >= 15 is 0 Å². The second-order valence-electron chi connectivity index (χ2n) is 7.75. The van der Waals surface area contributed by atoms with Crippen molar-refractivity contribution in [2.45, 2.75) is 37.8 Å². The number of morpholine rings is 1. The molecular formula is C21H29N7O. The quantitative estimate of drug-likeness (QED) is 0.450. The first-order valence-electron chi connectivity index (χ1n) is 10.3. The van der Waals surface area contributed by atoms with Gasteiger partial charge in [0.05, 0.1) is 18.7 Å². The molecule has 1 aromatic carbocycles. The first-order chi connectivity index (χ1) is 14.2. The molecular weight excluding hydrogens is 366 g/mol. The van der Waals surface area contributed by atoms with E-state index in [0.29, 0.717) is 17.7 Å². The van der Waals surface area contributed by atoms with Crippen molar-refractivity contribution in [2.24, 2.45) is 11.5 Å². The lowest BCUT2D eigenvalue weighted by Crippen LogP contribution is -2.46. The van der Waals surface area contributed by atoms with E-state index < -0.39 is 0 Å². The first-order valence-corrected chi connectivity index (χ1v) is 10.3. The number of ether oxygens (including phenoxy) is 1. The number of nitrogens with one attached hydrogen (secondary N) is 2. The van der Waals surface area contributed by atoms with Gasteiger partial charge in [-0.3, -0.25) is 10.3 Å². The average Bonchev–Trinajstić information content (AvgIpc) is 2.75. The van der Waals surface area contributed by atoms with Gasteiger partial charge in [0, 0.05) is 42.3 Å². The molecule has 0 radical (unpaired) electrons. The Balaban J connectivity index is 1.48. The van der Waals surface area contributed by atoms with Crippen molar-refractivity contribution in [1.29, 1.82) is 5.41 Å². The molecule has 2 aromatic rings. The third kappa shape index (κ3) is 4.33. The van der Waals surface area contributed by atoms with Crippen LogP contribution in [-0.2, 0) is 4.74 Å². The number of benzene rings is 1. The fourth-order valence-corrected chi connectivity index (χ4v) is 4.40. The molecule has 6 N–H and O–H groups in total. The molecule has 8 nitrogen and oxygen atoms in total. The smallest absolute Gasteiger partial charge is 0.137 e. The highest BCUT2D eigenvalue weighted by atomic mass is 16.5. The number of aromatic nitrogens is 2. The minimum absolute atomic E-state index is 0.0559. The standard InChI is InChI=1S/C21H29N7O/c22-12-18(20(23)24)14-1-6-19-17(11-14)21(26-13-25-19)27-15-2-4-16(5-3-15)28-7-9-29-10-8-28/h1,6,11-13,15-16H,2-5,7-10,22H2,(H3,23,24)(H,25,26,27)/b18-12-. The van der Waals surface area contributed by atoms with E-state index in [0.717, 1.165) is 61.4 Å². The minimum atomic E-state index is -0.0559. The van der Waals surface area contributed by atoms with Crippen LogP contribution in [0.1, 0.15) is 31.2 Å². The maximum atomic E-state index is 7.73. The lowest BCUT2D eigenvalue weighted by Gasteiger charge is -2.39. The van der Waals surface area contributed by atoms with Gasteiger partial charge in [0.2, 0.25) is 0 Å². The molecule has 1 aliphatic heterocycles. The summed E-state index contributed by atoms with van der Waals surface area (Å²) in [6.07, 6.45) is 7.58. The van der Waals surface area contributed by atoms with Crippen LogP contribution in [0.15, 0.2) is 30.7 Å². The van der Waals surface area contributed by atoms with E-state index in [1.807, 2.05) is 18.2 Å². The predicted octanol–water partition coefficient (Wildman–Crippen LogP) is 1.92. The zero-order chi connectivity index (χ0) is 20.2. The van der Waals surface area contributed by atoms with Crippen LogP contribution in [0.3, 0.4) is 0 Å². The second-order valence-corrected chi connectivity index (χ2v) is 7.75. The number of hydrogen-bond acceptors (Lipinski definition) is 7. The summed E-state index contributed by atoms with van der Waals surface area (Å²) >= 11 is 0. The van der Waals surface area contributed by atoms with E-state index in [1.54, 1.807) is 6.33 Å². The van der Waals surface area contributed by atoms with Crippen LogP contribution in [0.25, 0.3) is 16.5 Å². The van der Waals surface area contributed by atoms with Gasteiger partial charge >= 0.3 is 0 Å². The first kappa shape index (κ1) is 19.6. The summed E-state index contributed by atoms with van der Waals surface area (Å²) in [5.74, 6) is 0.770. The van der Waals surface area contributed by atoms with Crippen LogP contribution in [0, 0.1) is 5.41 Å². The largest absolute Gasteiger partial charge is 0.404 e. The molecule has 154 valence electrons. The highest BCUT2D eigenvalue weighted by molar-refractivity contribution is 6.20. The molecule has 0 spiro atoms. The number of amidine groups is 1. The Morgan fingerprint density at radius 3 is 2.62 bits per heavy atom. The van der Waals surface area contributed by atoms with Crippen molar-refractivity contribution >= 4 is 28.1 Å². The van der Waals surface area contributed by atoms with Crippen molar-refractivity contribution in [3.8, 4) is 0 Å². The number of nitrogens with zero attached hydrogens (tertiary/aromatic N) is 3. The summed E-state index contributed by atoms with van der Waals surface area (Å²) in [5.41, 5.74) is 13.5. The Morgan fingerprint density at radius 2 is 1.93 bits per heavy atom. The number of fused-ring (bicyclic) bond motifs is 1. The Labute approximate surface area is 170 Å². The maximum Gasteiger partial charge on any atom is 0.137 e. The molecule has 8 heteroatoms. The Bertz CT molecular complexity index is 899. The molecule has 2 heterocycles. The molecule has 0 atom stereocenters. The number of rotatable bonds is 5. The molecule has 2 fully saturated rings. The van der Waals surface area contributed by atoms with Crippen LogP contribution in [0.5, 0.6) is 0 Å². The number of nitrogens with two attached hydrogens (primary N) is 2. The van der Waals surface area contributed by atoms with Gasteiger partial charge in [-0.1, -0.05) is 6.07 Å². The van der Waals surface area contributed by atoms with E-state index in [2.05, 4.69) is 20.2 Å². The molecule has 0 amide bonds. The summed E-state index contributed by atoms with van der Waals surface area (Å²) < 4.78 is 5.48. The van der Waals surface area contributed by atoms with Crippen LogP contribution >= 0.6 is 0 Å². The normalized spacial score (nSPS) is 23.8. The number of hydrogen-bond donors (Lipinski definition) is 4. The summed E-state index contributed by atoms with van der Waals surface area (Å²) in [4.78, 5) is 11.4. The Kier molecular flexibility index (Phi) is 5.92. The fourth-order valence-electron chi connectivity index (χ4n) is 4.40. The van der Waals surface area contributed by atoms with Crippen molar-refractivity contribution in [2.75, 3.05) is 31.6 Å². The van der Waals surface area contributed by atoms with E-state index in [1.165, 1.54) is 19.0 Å². The van der Waals surface area contributed by atoms with Gasteiger partial charge in [-0.25, -0.2) is 9.97 Å². The highest BCUT2D eigenvalue weighted by Gasteiger charge is 2.27. The fraction of sp³-hybridized carbons (Fsp3) is 0.476. The van der Waals surface area contributed by atoms with Gasteiger partial charge in [0.25, 0.3) is 0 Å². The van der Waals surface area contributed by atoms with E-state index in [-0.39, 0.29) is 5.84 Å². The minimum Gasteiger partial charge on any atom is -0.404 e. The molecule has 1 saturated heterocycles. The molecule has 4 rings (SSSR count). The maximum absolute atomic E-state index is 7.73. The van der Waals surface area contributed by atoms with E-state index in [4.69, 9.17) is 21.6 Å². The van der Waals surface area contributed by atoms with Gasteiger partial charge in [-0.2, -0.15) is 0 Å². The van der Waals surface area contributed by atoms with Gasteiger partial charge in [-0.15, -0.1) is 0 Å². The van der Waals surface area contributed by atoms with Gasteiger partial charge < -0.3 is 21.5 Å². The van der Waals surface area contributed by atoms with Gasteiger partial charge in [-0.05, 0) is 43.4 Å². The topological polar surface area (TPSA) is 126 Å². The summed E-state index contributed by atoms with van der Waals surface area (Å²) in [7, 11) is 0. The summed E-state index contributed by atoms with van der Waals surface area (Å²) in [5, 5.41) is 12.3. The van der Waals surface area contributed by atoms with Crippen molar-refractivity contribution in [3.63, 3.8) is 0 Å². The van der Waals surface area contributed by atoms with Gasteiger partial charge in [0.1, 0.15) is 18.0 Å². The molecule has 1 saturated carbocycles. The zero-order valence-electron chi connectivity index (χ0n) is 16.6. The third-order valence-electron chi connectivity index (χ3n) is 6.00. The molecule has 0 bridgehead atoms. The van der Waals surface area contributed by atoms with Crippen molar-refractivity contribution in [3.05, 3.63) is 36.3 Å². The van der Waals surface area contributed by atoms with Crippen molar-refractivity contribution in [1.82, 2.24) is 14.9 Å². The summed E-state index contributed by atoms with van der Waals surface area (Å²) in [6.45, 7) is 3.81. The monoisotopic (exact) mass is 395 g/mol. The molecule has 29 heavy (non-hydrogen) atoms. The lowest BCUT2D eigenvalue weighted by atomic mass is 9.90. The van der Waals surface area contributed by atoms with Crippen LogP contribution in [0.4, 0.5) is 5.82 Å². The second kappa shape index (κ2) is 8.75.